The number of ether oxygens (including phenoxy) is 1. The van der Waals surface area contributed by atoms with Gasteiger partial charge in [-0.2, -0.15) is 0 Å². The van der Waals surface area contributed by atoms with E-state index in [1.807, 2.05) is 55.5 Å². The number of benzene rings is 3. The lowest BCUT2D eigenvalue weighted by Gasteiger charge is -2.12. The molecule has 0 aliphatic rings. The van der Waals surface area contributed by atoms with Gasteiger partial charge in [0.2, 0.25) is 11.8 Å². The van der Waals surface area contributed by atoms with Crippen LogP contribution >= 0.6 is 23.4 Å². The maximum atomic E-state index is 12.4. The van der Waals surface area contributed by atoms with Crippen molar-refractivity contribution in [2.45, 2.75) is 11.8 Å². The molecule has 0 aliphatic carbocycles. The van der Waals surface area contributed by atoms with Gasteiger partial charge in [-0.1, -0.05) is 48.0 Å². The minimum atomic E-state index is -0.223. The molecule has 7 heteroatoms. The normalized spacial score (nSPS) is 10.7. The largest absolute Gasteiger partial charge is 0.495 e. The second-order valence-electron chi connectivity index (χ2n) is 6.90. The molecule has 32 heavy (non-hydrogen) atoms. The van der Waals surface area contributed by atoms with Gasteiger partial charge >= 0.3 is 0 Å². The summed E-state index contributed by atoms with van der Waals surface area (Å²) in [6.45, 7) is 1.86. The zero-order valence-electron chi connectivity index (χ0n) is 17.7. The predicted octanol–water partition coefficient (Wildman–Crippen LogP) is 6.04. The Morgan fingerprint density at radius 1 is 1.03 bits per heavy atom. The van der Waals surface area contributed by atoms with Gasteiger partial charge in [0.15, 0.2) is 0 Å². The lowest BCUT2D eigenvalue weighted by molar-refractivity contribution is -0.114. The summed E-state index contributed by atoms with van der Waals surface area (Å²) in [6.07, 6.45) is 3.25. The zero-order valence-corrected chi connectivity index (χ0v) is 19.3. The number of halogens is 1. The van der Waals surface area contributed by atoms with Crippen molar-refractivity contribution in [3.05, 3.63) is 89.0 Å². The maximum Gasteiger partial charge on any atom is 0.248 e. The van der Waals surface area contributed by atoms with Crippen LogP contribution in [0.25, 0.3) is 6.08 Å². The first-order chi connectivity index (χ1) is 15.4. The molecule has 3 aromatic carbocycles. The van der Waals surface area contributed by atoms with Crippen molar-refractivity contribution in [2.24, 2.45) is 0 Å². The Morgan fingerprint density at radius 2 is 1.81 bits per heavy atom. The van der Waals surface area contributed by atoms with E-state index in [1.165, 1.54) is 24.9 Å². The second-order valence-corrected chi connectivity index (χ2v) is 8.36. The molecule has 0 fully saturated rings. The molecule has 2 amide bonds. The van der Waals surface area contributed by atoms with E-state index in [-0.39, 0.29) is 17.6 Å². The molecule has 0 spiro atoms. The average Bonchev–Trinajstić information content (AvgIpc) is 2.79. The van der Waals surface area contributed by atoms with Crippen LogP contribution in [-0.4, -0.2) is 24.7 Å². The maximum absolute atomic E-state index is 12.4. The number of hydrogen-bond donors (Lipinski definition) is 2. The van der Waals surface area contributed by atoms with Crippen molar-refractivity contribution in [1.82, 2.24) is 0 Å². The molecule has 0 saturated heterocycles. The molecule has 0 atom stereocenters. The van der Waals surface area contributed by atoms with E-state index in [0.717, 1.165) is 16.0 Å². The Balaban J connectivity index is 1.56. The molecule has 0 aromatic heterocycles. The third-order valence-corrected chi connectivity index (χ3v) is 5.85. The Morgan fingerprint density at radius 3 is 2.56 bits per heavy atom. The SMILES string of the molecule is COc1cc(Cl)c(C)cc1NC(=O)CSc1cccc(NC(=O)/C=C/c2ccccc2)c1. The van der Waals surface area contributed by atoms with Crippen LogP contribution in [0.4, 0.5) is 11.4 Å². The van der Waals surface area contributed by atoms with E-state index < -0.39 is 0 Å². The smallest absolute Gasteiger partial charge is 0.248 e. The number of carbonyl (C=O) groups is 2. The molecule has 164 valence electrons. The van der Waals surface area contributed by atoms with Crippen LogP contribution in [0.3, 0.4) is 0 Å². The third kappa shape index (κ3) is 6.90. The molecule has 0 unspecified atom stereocenters. The fraction of sp³-hybridized carbons (Fsp3) is 0.120. The van der Waals surface area contributed by atoms with E-state index in [9.17, 15) is 9.59 Å². The van der Waals surface area contributed by atoms with Gasteiger partial charge in [0.1, 0.15) is 5.75 Å². The molecule has 0 bridgehead atoms. The van der Waals surface area contributed by atoms with E-state index in [4.69, 9.17) is 16.3 Å². The lowest BCUT2D eigenvalue weighted by atomic mass is 10.2. The third-order valence-electron chi connectivity index (χ3n) is 4.45. The zero-order chi connectivity index (χ0) is 22.9. The summed E-state index contributed by atoms with van der Waals surface area (Å²) >= 11 is 7.48. The van der Waals surface area contributed by atoms with Gasteiger partial charge in [-0.25, -0.2) is 0 Å². The van der Waals surface area contributed by atoms with E-state index in [2.05, 4.69) is 10.6 Å². The highest BCUT2D eigenvalue weighted by Crippen LogP contribution is 2.31. The Bertz CT molecular complexity index is 1130. The molecular formula is C25H23ClN2O3S. The number of nitrogens with one attached hydrogen (secondary N) is 2. The predicted molar refractivity (Wildman–Crippen MR) is 133 cm³/mol. The second kappa shape index (κ2) is 11.4. The van der Waals surface area contributed by atoms with Crippen LogP contribution in [0.1, 0.15) is 11.1 Å². The quantitative estimate of drug-likeness (QED) is 0.313. The van der Waals surface area contributed by atoms with Crippen LogP contribution in [0.5, 0.6) is 5.75 Å². The number of carbonyl (C=O) groups excluding carboxylic acids is 2. The summed E-state index contributed by atoms with van der Waals surface area (Å²) in [5, 5.41) is 6.27. The molecule has 3 rings (SSSR count). The van der Waals surface area contributed by atoms with Gasteiger partial charge < -0.3 is 15.4 Å². The molecule has 5 nitrogen and oxygen atoms in total. The molecule has 2 N–H and O–H groups in total. The summed E-state index contributed by atoms with van der Waals surface area (Å²) in [4.78, 5) is 25.5. The van der Waals surface area contributed by atoms with Crippen molar-refractivity contribution in [2.75, 3.05) is 23.5 Å². The van der Waals surface area contributed by atoms with E-state index >= 15 is 0 Å². The number of methoxy groups -OCH3 is 1. The highest BCUT2D eigenvalue weighted by molar-refractivity contribution is 8.00. The van der Waals surface area contributed by atoms with Crippen LogP contribution in [0.15, 0.2) is 77.7 Å². The first-order valence-corrected chi connectivity index (χ1v) is 11.2. The summed E-state index contributed by atoms with van der Waals surface area (Å²) < 4.78 is 5.29. The lowest BCUT2D eigenvalue weighted by Crippen LogP contribution is -2.15. The summed E-state index contributed by atoms with van der Waals surface area (Å²) in [6, 6.07) is 20.4. The van der Waals surface area contributed by atoms with Crippen molar-refractivity contribution in [3.63, 3.8) is 0 Å². The van der Waals surface area contributed by atoms with E-state index in [1.54, 1.807) is 24.3 Å². The highest BCUT2D eigenvalue weighted by atomic mass is 35.5. The fourth-order valence-corrected chi connectivity index (χ4v) is 3.76. The topological polar surface area (TPSA) is 67.4 Å². The van der Waals surface area contributed by atoms with Crippen molar-refractivity contribution in [1.29, 1.82) is 0 Å². The van der Waals surface area contributed by atoms with Crippen LogP contribution in [0, 0.1) is 6.92 Å². The molecule has 0 saturated carbocycles. The van der Waals surface area contributed by atoms with Gasteiger partial charge in [0.25, 0.3) is 0 Å². The molecular weight excluding hydrogens is 444 g/mol. The Kier molecular flexibility index (Phi) is 8.36. The van der Waals surface area contributed by atoms with Gasteiger partial charge in [0, 0.05) is 27.7 Å². The molecule has 0 radical (unpaired) electrons. The van der Waals surface area contributed by atoms with Gasteiger partial charge in [-0.05, 0) is 48.4 Å². The fourth-order valence-electron chi connectivity index (χ4n) is 2.85. The van der Waals surface area contributed by atoms with Crippen LogP contribution < -0.4 is 15.4 Å². The Hall–Kier alpha value is -3.22. The minimum Gasteiger partial charge on any atom is -0.495 e. The first kappa shape index (κ1) is 23.4. The number of thioether (sulfide) groups is 1. The molecule has 0 heterocycles. The average molecular weight is 467 g/mol. The number of amides is 2. The van der Waals surface area contributed by atoms with Gasteiger partial charge in [-0.3, -0.25) is 9.59 Å². The number of hydrogen-bond acceptors (Lipinski definition) is 4. The molecule has 3 aromatic rings. The number of anilines is 2. The molecule has 0 aliphatic heterocycles. The Labute approximate surface area is 196 Å². The van der Waals surface area contributed by atoms with Crippen molar-refractivity contribution in [3.8, 4) is 5.75 Å². The monoisotopic (exact) mass is 466 g/mol. The summed E-state index contributed by atoms with van der Waals surface area (Å²) in [5.74, 6) is 0.317. The standard InChI is InChI=1S/C25H23ClN2O3S/c1-17-13-22(23(31-2)15-21(17)26)28-25(30)16-32-20-10-6-9-19(14-20)27-24(29)12-11-18-7-4-3-5-8-18/h3-15H,16H2,1-2H3,(H,27,29)(H,28,30)/b12-11+. The first-order valence-electron chi connectivity index (χ1n) is 9.85. The van der Waals surface area contributed by atoms with E-state index in [0.29, 0.717) is 22.1 Å². The summed E-state index contributed by atoms with van der Waals surface area (Å²) in [7, 11) is 1.53. The number of aryl methyl sites for hydroxylation is 1. The van der Waals surface area contributed by atoms with Crippen LogP contribution in [-0.2, 0) is 9.59 Å². The summed E-state index contributed by atoms with van der Waals surface area (Å²) in [5.41, 5.74) is 3.03. The highest BCUT2D eigenvalue weighted by Gasteiger charge is 2.11. The van der Waals surface area contributed by atoms with Crippen molar-refractivity contribution >= 4 is 52.6 Å². The van der Waals surface area contributed by atoms with Crippen LogP contribution in [0.2, 0.25) is 5.02 Å². The van der Waals surface area contributed by atoms with Crippen molar-refractivity contribution < 1.29 is 14.3 Å². The van der Waals surface area contributed by atoms with Gasteiger partial charge in [-0.15, -0.1) is 11.8 Å². The minimum absolute atomic E-state index is 0.171. The van der Waals surface area contributed by atoms with Gasteiger partial charge in [0.05, 0.1) is 18.6 Å². The number of rotatable bonds is 8.